The number of nitrogens with one attached hydrogen (secondary N) is 1. The topological polar surface area (TPSA) is 158 Å². The molecule has 2 aromatic carbocycles. The third-order valence-electron chi connectivity index (χ3n) is 4.71. The van der Waals surface area contributed by atoms with Gasteiger partial charge in [0.05, 0.1) is 12.2 Å². The van der Waals surface area contributed by atoms with Crippen molar-refractivity contribution in [2.75, 3.05) is 5.84 Å². The van der Waals surface area contributed by atoms with Crippen molar-refractivity contribution in [1.82, 2.24) is 19.2 Å². The minimum Gasteiger partial charge on any atom is -0.477 e. The van der Waals surface area contributed by atoms with Gasteiger partial charge in [-0.1, -0.05) is 23.7 Å². The van der Waals surface area contributed by atoms with E-state index in [-0.39, 0.29) is 35.0 Å². The van der Waals surface area contributed by atoms with E-state index in [9.17, 15) is 18.8 Å². The van der Waals surface area contributed by atoms with E-state index in [1.165, 1.54) is 24.4 Å². The maximum absolute atomic E-state index is 14.7. The minimum atomic E-state index is -1.26. The Morgan fingerprint density at radius 3 is 2.57 bits per heavy atom. The number of hydrogen-bond donors (Lipinski definition) is 3. The van der Waals surface area contributed by atoms with Gasteiger partial charge in [-0.15, -0.1) is 0 Å². The van der Waals surface area contributed by atoms with Gasteiger partial charge < -0.3 is 15.7 Å². The van der Waals surface area contributed by atoms with Gasteiger partial charge >= 0.3 is 17.3 Å². The van der Waals surface area contributed by atoms with Crippen LogP contribution >= 0.6 is 11.6 Å². The third-order valence-corrected chi connectivity index (χ3v) is 4.96. The number of nitrogens with zero attached hydrogens (tertiary/aromatic N) is 4. The molecule has 2 aromatic heterocycles. The first-order valence-corrected chi connectivity index (χ1v) is 10.3. The Bertz CT molecular complexity index is 1610. The van der Waals surface area contributed by atoms with Crippen molar-refractivity contribution >= 4 is 23.3 Å². The second-order valence-corrected chi connectivity index (χ2v) is 7.56. The van der Waals surface area contributed by atoms with E-state index in [2.05, 4.69) is 15.0 Å². The van der Waals surface area contributed by atoms with E-state index in [1.54, 1.807) is 24.3 Å². The number of H-pyrrole nitrogens is 1. The SMILES string of the molecule is Nn1c(=O)[nH]c(=O)n(Cc2ccc(Cl)cc2)c1=Nc1ccc(Oc2ccnc(C(=O)O)c2)c(F)c1. The standard InChI is InChI=1S/C22H16ClFN6O5/c23-13-3-1-12(2-4-13)11-29-20(30(25)22(34)28-21(29)33)27-14-5-6-18(16(24)9-14)35-15-7-8-26-17(10-15)19(31)32/h1-10H,11,25H2,(H,31,32)(H,28,33,34). The molecule has 0 aliphatic rings. The fraction of sp³-hybridized carbons (Fsp3) is 0.0455. The van der Waals surface area contributed by atoms with Crippen molar-refractivity contribution in [3.63, 3.8) is 0 Å². The molecule has 0 unspecified atom stereocenters. The zero-order valence-electron chi connectivity index (χ0n) is 17.7. The Morgan fingerprint density at radius 1 is 1.14 bits per heavy atom. The molecule has 178 valence electrons. The van der Waals surface area contributed by atoms with Crippen molar-refractivity contribution in [3.8, 4) is 11.5 Å². The van der Waals surface area contributed by atoms with E-state index < -0.39 is 23.2 Å². The fourth-order valence-corrected chi connectivity index (χ4v) is 3.16. The van der Waals surface area contributed by atoms with Crippen LogP contribution in [0.5, 0.6) is 11.5 Å². The smallest absolute Gasteiger partial charge is 0.354 e. The second kappa shape index (κ2) is 9.65. The summed E-state index contributed by atoms with van der Waals surface area (Å²) < 4.78 is 21.9. The number of aromatic nitrogens is 4. The molecule has 0 aliphatic heterocycles. The number of rotatable bonds is 6. The summed E-state index contributed by atoms with van der Waals surface area (Å²) in [7, 11) is 0. The molecule has 0 aliphatic carbocycles. The van der Waals surface area contributed by atoms with E-state index in [1.807, 2.05) is 0 Å². The molecule has 0 saturated heterocycles. The summed E-state index contributed by atoms with van der Waals surface area (Å²) in [6.45, 7) is 0.000442. The minimum absolute atomic E-state index is 0.000442. The highest BCUT2D eigenvalue weighted by atomic mass is 35.5. The number of nitrogen functional groups attached to an aromatic ring is 1. The number of aromatic amines is 1. The molecule has 35 heavy (non-hydrogen) atoms. The molecule has 13 heteroatoms. The van der Waals surface area contributed by atoms with Gasteiger partial charge in [0.1, 0.15) is 5.75 Å². The number of carboxylic acids is 1. The number of nitrogens with two attached hydrogens (primary N) is 1. The van der Waals surface area contributed by atoms with Crippen molar-refractivity contribution in [2.24, 2.45) is 4.99 Å². The van der Waals surface area contributed by atoms with Crippen LogP contribution in [0.4, 0.5) is 10.1 Å². The lowest BCUT2D eigenvalue weighted by Crippen LogP contribution is -2.53. The van der Waals surface area contributed by atoms with Crippen LogP contribution in [0.1, 0.15) is 16.1 Å². The number of halogens is 2. The average molecular weight is 499 g/mol. The van der Waals surface area contributed by atoms with Crippen LogP contribution in [0.2, 0.25) is 5.02 Å². The first-order valence-electron chi connectivity index (χ1n) is 9.88. The van der Waals surface area contributed by atoms with Crippen LogP contribution in [0, 0.1) is 5.82 Å². The maximum atomic E-state index is 14.7. The van der Waals surface area contributed by atoms with Gasteiger partial charge in [0.25, 0.3) is 0 Å². The van der Waals surface area contributed by atoms with Crippen LogP contribution in [-0.4, -0.2) is 30.3 Å². The van der Waals surface area contributed by atoms with E-state index in [4.69, 9.17) is 27.3 Å². The Morgan fingerprint density at radius 2 is 1.89 bits per heavy atom. The van der Waals surface area contributed by atoms with Crippen molar-refractivity contribution in [1.29, 1.82) is 0 Å². The van der Waals surface area contributed by atoms with Crippen LogP contribution in [0.25, 0.3) is 0 Å². The second-order valence-electron chi connectivity index (χ2n) is 7.13. The number of aromatic carboxylic acids is 1. The predicted molar refractivity (Wildman–Crippen MR) is 123 cm³/mol. The number of pyridine rings is 1. The van der Waals surface area contributed by atoms with Gasteiger partial charge in [0.15, 0.2) is 17.3 Å². The summed E-state index contributed by atoms with van der Waals surface area (Å²) in [4.78, 5) is 45.5. The first-order chi connectivity index (χ1) is 16.7. The van der Waals surface area contributed by atoms with Crippen molar-refractivity contribution in [2.45, 2.75) is 6.54 Å². The monoisotopic (exact) mass is 498 g/mol. The summed E-state index contributed by atoms with van der Waals surface area (Å²) >= 11 is 5.90. The van der Waals surface area contributed by atoms with Crippen molar-refractivity contribution in [3.05, 3.63) is 109 Å². The molecule has 0 spiro atoms. The molecular weight excluding hydrogens is 483 g/mol. The first kappa shape index (κ1) is 23.4. The lowest BCUT2D eigenvalue weighted by atomic mass is 10.2. The van der Waals surface area contributed by atoms with Gasteiger partial charge in [-0.25, -0.2) is 28.8 Å². The maximum Gasteiger partial charge on any atom is 0.354 e. The Labute approximate surface area is 200 Å². The molecule has 4 aromatic rings. The highest BCUT2D eigenvalue weighted by Crippen LogP contribution is 2.27. The molecule has 0 radical (unpaired) electrons. The normalized spacial score (nSPS) is 11.4. The van der Waals surface area contributed by atoms with Gasteiger partial charge in [-0.05, 0) is 35.9 Å². The molecule has 4 rings (SSSR count). The molecule has 11 nitrogen and oxygen atoms in total. The number of benzene rings is 2. The number of carboxylic acid groups (broad SMARTS) is 1. The summed E-state index contributed by atoms with van der Waals surface area (Å²) in [5.41, 5.74) is -1.47. The zero-order valence-corrected chi connectivity index (χ0v) is 18.4. The molecule has 0 amide bonds. The number of hydrogen-bond acceptors (Lipinski definition) is 7. The van der Waals surface area contributed by atoms with E-state index in [0.717, 1.165) is 16.7 Å². The van der Waals surface area contributed by atoms with Crippen LogP contribution < -0.4 is 27.6 Å². The predicted octanol–water partition coefficient (Wildman–Crippen LogP) is 2.01. The molecule has 0 saturated carbocycles. The van der Waals surface area contributed by atoms with Crippen molar-refractivity contribution < 1.29 is 19.0 Å². The Hall–Kier alpha value is -4.71. The van der Waals surface area contributed by atoms with Crippen LogP contribution in [0.15, 0.2) is 75.4 Å². The van der Waals surface area contributed by atoms with Crippen LogP contribution in [0.3, 0.4) is 0 Å². The number of ether oxygens (including phenoxy) is 1. The molecule has 0 atom stereocenters. The van der Waals surface area contributed by atoms with Gasteiger partial charge in [0.2, 0.25) is 5.62 Å². The molecule has 0 fully saturated rings. The summed E-state index contributed by atoms with van der Waals surface area (Å²) in [6.07, 6.45) is 1.22. The molecule has 0 bridgehead atoms. The van der Waals surface area contributed by atoms with E-state index >= 15 is 0 Å². The lowest BCUT2D eigenvalue weighted by Gasteiger charge is -2.10. The van der Waals surface area contributed by atoms with Gasteiger partial charge in [-0.3, -0.25) is 9.55 Å². The highest BCUT2D eigenvalue weighted by molar-refractivity contribution is 6.30. The third kappa shape index (κ3) is 5.28. The Kier molecular flexibility index (Phi) is 6.46. The highest BCUT2D eigenvalue weighted by Gasteiger charge is 2.11. The average Bonchev–Trinajstić information content (AvgIpc) is 2.83. The van der Waals surface area contributed by atoms with Crippen LogP contribution in [-0.2, 0) is 6.54 Å². The lowest BCUT2D eigenvalue weighted by molar-refractivity contribution is 0.0690. The Balaban J connectivity index is 1.72. The largest absolute Gasteiger partial charge is 0.477 e. The van der Waals surface area contributed by atoms with Gasteiger partial charge in [-0.2, -0.15) is 4.68 Å². The zero-order chi connectivity index (χ0) is 25.1. The summed E-state index contributed by atoms with van der Waals surface area (Å²) in [6, 6.07) is 12.8. The quantitative estimate of drug-likeness (QED) is 0.343. The van der Waals surface area contributed by atoms with E-state index in [0.29, 0.717) is 15.3 Å². The van der Waals surface area contributed by atoms with Gasteiger partial charge in [0, 0.05) is 23.4 Å². The number of carbonyl (C=O) groups is 1. The summed E-state index contributed by atoms with van der Waals surface area (Å²) in [5, 5.41) is 9.53. The molecule has 2 heterocycles. The molecule has 4 N–H and O–H groups in total. The fourth-order valence-electron chi connectivity index (χ4n) is 3.04. The summed E-state index contributed by atoms with van der Waals surface area (Å²) in [5.74, 6) is 3.57. The molecular formula is C22H16ClFN6O5.